The fourth-order valence-electron chi connectivity index (χ4n) is 3.77. The van der Waals surface area contributed by atoms with Gasteiger partial charge in [-0.15, -0.1) is 0 Å². The van der Waals surface area contributed by atoms with Gasteiger partial charge in [-0.3, -0.25) is 4.79 Å². The third kappa shape index (κ3) is 3.48. The van der Waals surface area contributed by atoms with Gasteiger partial charge in [0.2, 0.25) is 0 Å². The van der Waals surface area contributed by atoms with Crippen LogP contribution < -0.4 is 15.8 Å². The molecule has 1 unspecified atom stereocenters. The number of carbonyl (C=O) groups is 1. The molecule has 4 heteroatoms. The lowest BCUT2D eigenvalue weighted by molar-refractivity contribution is 0.0620. The van der Waals surface area contributed by atoms with Crippen LogP contribution in [-0.2, 0) is 0 Å². The molecule has 0 aromatic heterocycles. The summed E-state index contributed by atoms with van der Waals surface area (Å²) in [4.78, 5) is 13.0. The van der Waals surface area contributed by atoms with Crippen molar-refractivity contribution in [3.63, 3.8) is 0 Å². The molecule has 3 N–H and O–H groups in total. The van der Waals surface area contributed by atoms with Crippen LogP contribution in [0.1, 0.15) is 58.9 Å². The first-order valence-corrected chi connectivity index (χ1v) is 8.63. The van der Waals surface area contributed by atoms with Gasteiger partial charge < -0.3 is 15.8 Å². The largest absolute Gasteiger partial charge is 0.487 e. The average molecular weight is 338 g/mol. The van der Waals surface area contributed by atoms with Crippen molar-refractivity contribution >= 4 is 11.6 Å². The zero-order valence-electron chi connectivity index (χ0n) is 15.6. The predicted octanol–water partition coefficient (Wildman–Crippen LogP) is 4.23. The van der Waals surface area contributed by atoms with E-state index in [1.807, 2.05) is 65.0 Å². The predicted molar refractivity (Wildman–Crippen MR) is 101 cm³/mol. The first-order chi connectivity index (χ1) is 11.7. The van der Waals surface area contributed by atoms with Gasteiger partial charge in [-0.1, -0.05) is 17.7 Å². The molecule has 0 bridgehead atoms. The summed E-state index contributed by atoms with van der Waals surface area (Å²) in [6, 6.07) is 9.56. The monoisotopic (exact) mass is 338 g/mol. The molecule has 1 atom stereocenters. The second-order valence-electron chi connectivity index (χ2n) is 7.66. The highest BCUT2D eigenvalue weighted by Gasteiger charge is 2.35. The average Bonchev–Trinajstić information content (AvgIpc) is 2.46. The van der Waals surface area contributed by atoms with E-state index in [2.05, 4.69) is 5.32 Å². The van der Waals surface area contributed by atoms with Crippen LogP contribution in [0.3, 0.4) is 0 Å². The highest BCUT2D eigenvalue weighted by Crippen LogP contribution is 2.40. The van der Waals surface area contributed by atoms with Crippen LogP contribution in [0.4, 0.5) is 5.69 Å². The van der Waals surface area contributed by atoms with E-state index in [0.29, 0.717) is 12.1 Å². The lowest BCUT2D eigenvalue weighted by atomic mass is 9.89. The first-order valence-electron chi connectivity index (χ1n) is 8.63. The Morgan fingerprint density at radius 3 is 2.44 bits per heavy atom. The number of nitrogen functional groups attached to an aromatic ring is 1. The zero-order chi connectivity index (χ0) is 18.4. The Kier molecular flexibility index (Phi) is 4.23. The maximum Gasteiger partial charge on any atom is 0.252 e. The molecule has 0 saturated carbocycles. The van der Waals surface area contributed by atoms with Gasteiger partial charge in [-0.25, -0.2) is 0 Å². The van der Waals surface area contributed by atoms with Crippen molar-refractivity contribution in [2.24, 2.45) is 0 Å². The number of aryl methyl sites for hydroxylation is 3. The number of nitrogens with one attached hydrogen (secondary N) is 1. The number of nitrogens with two attached hydrogens (primary N) is 1. The molecule has 1 amide bonds. The maximum absolute atomic E-state index is 13.0. The molecular weight excluding hydrogens is 312 g/mol. The van der Waals surface area contributed by atoms with Gasteiger partial charge in [0.05, 0.1) is 6.04 Å². The number of hydrogen-bond acceptors (Lipinski definition) is 3. The molecule has 1 aliphatic heterocycles. The van der Waals surface area contributed by atoms with Gasteiger partial charge in [0.25, 0.3) is 5.91 Å². The van der Waals surface area contributed by atoms with Crippen LogP contribution in [-0.4, -0.2) is 11.5 Å². The third-order valence-electron chi connectivity index (χ3n) is 4.70. The Hall–Kier alpha value is -2.49. The van der Waals surface area contributed by atoms with E-state index in [1.165, 1.54) is 0 Å². The summed E-state index contributed by atoms with van der Waals surface area (Å²) in [5.74, 6) is 0.735. The van der Waals surface area contributed by atoms with Crippen molar-refractivity contribution in [3.8, 4) is 5.75 Å². The van der Waals surface area contributed by atoms with Gasteiger partial charge >= 0.3 is 0 Å². The van der Waals surface area contributed by atoms with E-state index in [4.69, 9.17) is 10.5 Å². The summed E-state index contributed by atoms with van der Waals surface area (Å²) in [7, 11) is 0. The number of anilines is 1. The molecule has 0 radical (unpaired) electrons. The van der Waals surface area contributed by atoms with E-state index in [1.54, 1.807) is 0 Å². The van der Waals surface area contributed by atoms with Gasteiger partial charge in [-0.05, 0) is 63.9 Å². The fourth-order valence-corrected chi connectivity index (χ4v) is 3.77. The highest BCUT2D eigenvalue weighted by molar-refractivity contribution is 5.97. The zero-order valence-corrected chi connectivity index (χ0v) is 15.6. The van der Waals surface area contributed by atoms with Crippen molar-refractivity contribution < 1.29 is 9.53 Å². The summed E-state index contributed by atoms with van der Waals surface area (Å²) >= 11 is 0. The number of rotatable bonds is 2. The van der Waals surface area contributed by atoms with Crippen molar-refractivity contribution in [1.29, 1.82) is 0 Å². The summed E-state index contributed by atoms with van der Waals surface area (Å²) in [5, 5.41) is 3.20. The highest BCUT2D eigenvalue weighted by atomic mass is 16.5. The van der Waals surface area contributed by atoms with Crippen molar-refractivity contribution in [3.05, 3.63) is 58.1 Å². The molecule has 3 rings (SSSR count). The minimum Gasteiger partial charge on any atom is -0.487 e. The normalized spacial score (nSPS) is 18.2. The van der Waals surface area contributed by atoms with Crippen LogP contribution in [0.2, 0.25) is 0 Å². The van der Waals surface area contributed by atoms with E-state index >= 15 is 0 Å². The van der Waals surface area contributed by atoms with E-state index in [0.717, 1.165) is 33.6 Å². The molecule has 25 heavy (non-hydrogen) atoms. The fraction of sp³-hybridized carbons (Fsp3) is 0.381. The molecule has 0 fully saturated rings. The lowest BCUT2D eigenvalue weighted by Crippen LogP contribution is -2.41. The summed E-state index contributed by atoms with van der Waals surface area (Å²) in [6.45, 7) is 10.1. The molecule has 132 valence electrons. The Balaban J connectivity index is 1.95. The van der Waals surface area contributed by atoms with Crippen LogP contribution in [0.5, 0.6) is 5.75 Å². The summed E-state index contributed by atoms with van der Waals surface area (Å²) < 4.78 is 6.05. The quantitative estimate of drug-likeness (QED) is 0.806. The Morgan fingerprint density at radius 1 is 1.16 bits per heavy atom. The second-order valence-corrected chi connectivity index (χ2v) is 7.66. The Morgan fingerprint density at radius 2 is 1.80 bits per heavy atom. The number of hydrogen-bond donors (Lipinski definition) is 2. The standard InChI is InChI=1S/C21H26N2O2/c1-12-8-13(2)19(14(3)9-12)20(24)23-17-11-21(4,5)25-18-7-6-15(22)10-16(17)18/h6-10,17H,11,22H2,1-5H3,(H,23,24). The van der Waals surface area contributed by atoms with Crippen LogP contribution in [0.15, 0.2) is 30.3 Å². The van der Waals surface area contributed by atoms with Gasteiger partial charge in [-0.2, -0.15) is 0 Å². The number of benzene rings is 2. The molecule has 1 aliphatic rings. The second kappa shape index (κ2) is 6.10. The molecule has 0 spiro atoms. The Labute approximate surface area is 149 Å². The minimum absolute atomic E-state index is 0.0499. The van der Waals surface area contributed by atoms with Gasteiger partial charge in [0, 0.05) is 23.2 Å². The van der Waals surface area contributed by atoms with E-state index in [-0.39, 0.29) is 17.6 Å². The van der Waals surface area contributed by atoms with Gasteiger partial charge in [0.15, 0.2) is 0 Å². The van der Waals surface area contributed by atoms with E-state index < -0.39 is 0 Å². The molecule has 0 aliphatic carbocycles. The lowest BCUT2D eigenvalue weighted by Gasteiger charge is -2.38. The first kappa shape index (κ1) is 17.3. The molecule has 0 saturated heterocycles. The molecule has 1 heterocycles. The third-order valence-corrected chi connectivity index (χ3v) is 4.70. The Bertz CT molecular complexity index is 817. The van der Waals surface area contributed by atoms with Crippen molar-refractivity contribution in [2.75, 3.05) is 5.73 Å². The SMILES string of the molecule is Cc1cc(C)c(C(=O)NC2CC(C)(C)Oc3ccc(N)cc32)c(C)c1. The molecule has 2 aromatic carbocycles. The molecule has 4 nitrogen and oxygen atoms in total. The van der Waals surface area contributed by atoms with Gasteiger partial charge in [0.1, 0.15) is 11.4 Å². The van der Waals surface area contributed by atoms with Crippen LogP contribution in [0.25, 0.3) is 0 Å². The number of amides is 1. The van der Waals surface area contributed by atoms with Crippen LogP contribution >= 0.6 is 0 Å². The molecular formula is C21H26N2O2. The minimum atomic E-state index is -0.349. The maximum atomic E-state index is 13.0. The smallest absolute Gasteiger partial charge is 0.252 e. The van der Waals surface area contributed by atoms with Crippen molar-refractivity contribution in [1.82, 2.24) is 5.32 Å². The molecule has 2 aromatic rings. The number of fused-ring (bicyclic) bond motifs is 1. The topological polar surface area (TPSA) is 64.3 Å². The summed E-state index contributed by atoms with van der Waals surface area (Å²) in [6.07, 6.45) is 0.694. The van der Waals surface area contributed by atoms with Crippen molar-refractivity contribution in [2.45, 2.75) is 52.7 Å². The van der Waals surface area contributed by atoms with E-state index in [9.17, 15) is 4.79 Å². The number of ether oxygens (including phenoxy) is 1. The summed E-state index contributed by atoms with van der Waals surface area (Å²) in [5.41, 5.74) is 11.1. The number of carbonyl (C=O) groups excluding carboxylic acids is 1. The van der Waals surface area contributed by atoms with Crippen LogP contribution in [0, 0.1) is 20.8 Å².